The quantitative estimate of drug-likeness (QED) is 0.872. The molecule has 118 valence electrons. The van der Waals surface area contributed by atoms with Crippen LogP contribution < -0.4 is 10.5 Å². The van der Waals surface area contributed by atoms with Crippen molar-refractivity contribution in [3.63, 3.8) is 0 Å². The molecule has 0 fully saturated rings. The van der Waals surface area contributed by atoms with E-state index in [4.69, 9.17) is 10.5 Å². The molecule has 0 radical (unpaired) electrons. The third kappa shape index (κ3) is 3.42. The van der Waals surface area contributed by atoms with E-state index in [2.05, 4.69) is 32.0 Å². The number of hydrogen-bond donors (Lipinski definition) is 2. The summed E-state index contributed by atoms with van der Waals surface area (Å²) in [6.45, 7) is 6.33. The second kappa shape index (κ2) is 6.84. The number of hydrogen-bond acceptors (Lipinski definition) is 3. The standard InChI is InChI=1S/C19H25NO2/c1-12(2)14-8-9-17(13(3)20)16(10-14)11-15-6-5-7-18(22-4)19(15)21/h5-10,12-13,21H,11,20H2,1-4H3. The van der Waals surface area contributed by atoms with Gasteiger partial charge in [-0.2, -0.15) is 0 Å². The Balaban J connectivity index is 2.45. The van der Waals surface area contributed by atoms with Crippen LogP contribution in [0.1, 0.15) is 55.0 Å². The molecule has 3 nitrogen and oxygen atoms in total. The molecular weight excluding hydrogens is 274 g/mol. The molecule has 0 aliphatic heterocycles. The molecule has 0 saturated carbocycles. The number of aromatic hydroxyl groups is 1. The zero-order chi connectivity index (χ0) is 16.3. The van der Waals surface area contributed by atoms with E-state index < -0.39 is 0 Å². The first-order valence-corrected chi connectivity index (χ1v) is 7.67. The first-order valence-electron chi connectivity index (χ1n) is 7.67. The van der Waals surface area contributed by atoms with E-state index in [0.717, 1.165) is 16.7 Å². The Bertz CT molecular complexity index is 648. The van der Waals surface area contributed by atoms with Gasteiger partial charge in [-0.05, 0) is 35.6 Å². The van der Waals surface area contributed by atoms with Crippen molar-refractivity contribution < 1.29 is 9.84 Å². The van der Waals surface area contributed by atoms with Crippen molar-refractivity contribution in [1.82, 2.24) is 0 Å². The highest BCUT2D eigenvalue weighted by Gasteiger charge is 2.13. The van der Waals surface area contributed by atoms with E-state index >= 15 is 0 Å². The van der Waals surface area contributed by atoms with Crippen LogP contribution in [0.3, 0.4) is 0 Å². The summed E-state index contributed by atoms with van der Waals surface area (Å²) in [5, 5.41) is 10.3. The highest BCUT2D eigenvalue weighted by atomic mass is 16.5. The number of phenolic OH excluding ortho intramolecular Hbond substituents is 1. The highest BCUT2D eigenvalue weighted by molar-refractivity contribution is 5.49. The fourth-order valence-corrected chi connectivity index (χ4v) is 2.66. The van der Waals surface area contributed by atoms with Crippen molar-refractivity contribution in [2.24, 2.45) is 5.73 Å². The topological polar surface area (TPSA) is 55.5 Å². The minimum atomic E-state index is -0.0380. The van der Waals surface area contributed by atoms with E-state index in [-0.39, 0.29) is 11.8 Å². The van der Waals surface area contributed by atoms with Gasteiger partial charge < -0.3 is 15.6 Å². The molecule has 0 bridgehead atoms. The lowest BCUT2D eigenvalue weighted by atomic mass is 9.91. The zero-order valence-corrected chi connectivity index (χ0v) is 13.8. The van der Waals surface area contributed by atoms with Crippen LogP contribution in [0.4, 0.5) is 0 Å². The lowest BCUT2D eigenvalue weighted by Gasteiger charge is -2.17. The first-order chi connectivity index (χ1) is 10.4. The zero-order valence-electron chi connectivity index (χ0n) is 13.8. The number of rotatable bonds is 5. The summed E-state index contributed by atoms with van der Waals surface area (Å²) in [6, 6.07) is 12.0. The number of nitrogens with two attached hydrogens (primary N) is 1. The lowest BCUT2D eigenvalue weighted by Crippen LogP contribution is -2.09. The van der Waals surface area contributed by atoms with Crippen molar-refractivity contribution in [3.8, 4) is 11.5 Å². The van der Waals surface area contributed by atoms with Crippen LogP contribution in [0.15, 0.2) is 36.4 Å². The van der Waals surface area contributed by atoms with Crippen molar-refractivity contribution in [3.05, 3.63) is 58.7 Å². The normalized spacial score (nSPS) is 12.5. The fourth-order valence-electron chi connectivity index (χ4n) is 2.66. The molecule has 2 aromatic rings. The van der Waals surface area contributed by atoms with Gasteiger partial charge in [0.05, 0.1) is 7.11 Å². The second-order valence-electron chi connectivity index (χ2n) is 6.05. The molecule has 3 heteroatoms. The van der Waals surface area contributed by atoms with Crippen LogP contribution >= 0.6 is 0 Å². The molecule has 0 saturated heterocycles. The molecule has 22 heavy (non-hydrogen) atoms. The molecule has 1 atom stereocenters. The Morgan fingerprint density at radius 3 is 2.41 bits per heavy atom. The maximum absolute atomic E-state index is 10.3. The summed E-state index contributed by atoms with van der Waals surface area (Å²) >= 11 is 0. The van der Waals surface area contributed by atoms with Gasteiger partial charge in [0.15, 0.2) is 11.5 Å². The summed E-state index contributed by atoms with van der Waals surface area (Å²) in [7, 11) is 1.56. The SMILES string of the molecule is COc1cccc(Cc2cc(C(C)C)ccc2C(C)N)c1O. The minimum absolute atomic E-state index is 0.0380. The summed E-state index contributed by atoms with van der Waals surface area (Å²) in [4.78, 5) is 0. The number of para-hydroxylation sites is 1. The lowest BCUT2D eigenvalue weighted by molar-refractivity contribution is 0.371. The maximum Gasteiger partial charge on any atom is 0.161 e. The van der Waals surface area contributed by atoms with Crippen LogP contribution in [-0.4, -0.2) is 12.2 Å². The predicted molar refractivity (Wildman–Crippen MR) is 90.6 cm³/mol. The first kappa shape index (κ1) is 16.4. The van der Waals surface area contributed by atoms with Gasteiger partial charge in [-0.1, -0.05) is 44.2 Å². The van der Waals surface area contributed by atoms with Gasteiger partial charge in [0.2, 0.25) is 0 Å². The van der Waals surface area contributed by atoms with Crippen LogP contribution in [-0.2, 0) is 6.42 Å². The van der Waals surface area contributed by atoms with Gasteiger partial charge in [0.1, 0.15) is 0 Å². The van der Waals surface area contributed by atoms with Gasteiger partial charge in [-0.15, -0.1) is 0 Å². The molecule has 0 aromatic heterocycles. The van der Waals surface area contributed by atoms with E-state index in [1.54, 1.807) is 13.2 Å². The number of benzene rings is 2. The number of methoxy groups -OCH3 is 1. The van der Waals surface area contributed by atoms with E-state index in [1.165, 1.54) is 5.56 Å². The Morgan fingerprint density at radius 2 is 1.82 bits per heavy atom. The number of ether oxygens (including phenoxy) is 1. The molecule has 1 unspecified atom stereocenters. The maximum atomic E-state index is 10.3. The van der Waals surface area contributed by atoms with E-state index in [0.29, 0.717) is 18.1 Å². The van der Waals surface area contributed by atoms with Crippen molar-refractivity contribution in [1.29, 1.82) is 0 Å². The molecule has 2 aromatic carbocycles. The highest BCUT2D eigenvalue weighted by Crippen LogP contribution is 2.33. The monoisotopic (exact) mass is 299 g/mol. The number of phenols is 1. The van der Waals surface area contributed by atoms with Crippen LogP contribution in [0.5, 0.6) is 11.5 Å². The Kier molecular flexibility index (Phi) is 5.09. The van der Waals surface area contributed by atoms with Gasteiger partial charge in [-0.25, -0.2) is 0 Å². The van der Waals surface area contributed by atoms with Gasteiger partial charge in [0, 0.05) is 18.0 Å². The smallest absolute Gasteiger partial charge is 0.161 e. The molecule has 0 aliphatic carbocycles. The van der Waals surface area contributed by atoms with Crippen molar-refractivity contribution >= 4 is 0 Å². The van der Waals surface area contributed by atoms with Crippen LogP contribution in [0.2, 0.25) is 0 Å². The van der Waals surface area contributed by atoms with E-state index in [9.17, 15) is 5.11 Å². The van der Waals surface area contributed by atoms with Gasteiger partial charge >= 0.3 is 0 Å². The third-order valence-electron chi connectivity index (χ3n) is 4.01. The van der Waals surface area contributed by atoms with E-state index in [1.807, 2.05) is 19.1 Å². The van der Waals surface area contributed by atoms with Crippen LogP contribution in [0, 0.1) is 0 Å². The molecule has 3 N–H and O–H groups in total. The molecule has 0 heterocycles. The summed E-state index contributed by atoms with van der Waals surface area (Å²) in [5.41, 5.74) is 10.5. The minimum Gasteiger partial charge on any atom is -0.504 e. The average Bonchev–Trinajstić information content (AvgIpc) is 2.49. The van der Waals surface area contributed by atoms with Crippen LogP contribution in [0.25, 0.3) is 0 Å². The summed E-state index contributed by atoms with van der Waals surface area (Å²) in [6.07, 6.45) is 0.639. The molecule has 0 spiro atoms. The molecule has 2 rings (SSSR count). The molecule has 0 aliphatic rings. The Labute approximate surface area is 132 Å². The van der Waals surface area contributed by atoms with Gasteiger partial charge in [-0.3, -0.25) is 0 Å². The molecule has 0 amide bonds. The average molecular weight is 299 g/mol. The summed E-state index contributed by atoms with van der Waals surface area (Å²) < 4.78 is 5.19. The molecular formula is C19H25NO2. The Hall–Kier alpha value is -2.00. The Morgan fingerprint density at radius 1 is 1.09 bits per heavy atom. The summed E-state index contributed by atoms with van der Waals surface area (Å²) in [5.74, 6) is 1.16. The largest absolute Gasteiger partial charge is 0.504 e. The third-order valence-corrected chi connectivity index (χ3v) is 4.01. The van der Waals surface area contributed by atoms with Crippen molar-refractivity contribution in [2.45, 2.75) is 39.2 Å². The second-order valence-corrected chi connectivity index (χ2v) is 6.05. The fraction of sp³-hybridized carbons (Fsp3) is 0.368. The predicted octanol–water partition coefficient (Wildman–Crippen LogP) is 4.13. The van der Waals surface area contributed by atoms with Gasteiger partial charge in [0.25, 0.3) is 0 Å². The van der Waals surface area contributed by atoms with Crippen molar-refractivity contribution in [2.75, 3.05) is 7.11 Å².